The number of piperazine rings is 1. The Morgan fingerprint density at radius 2 is 1.84 bits per heavy atom. The van der Waals surface area contributed by atoms with Crippen LogP contribution in [-0.4, -0.2) is 31.1 Å². The Kier molecular flexibility index (Phi) is 4.18. The fraction of sp³-hybridized carbons (Fsp3) is 0.333. The van der Waals surface area contributed by atoms with E-state index in [0.717, 1.165) is 31.2 Å². The van der Waals surface area contributed by atoms with E-state index in [2.05, 4.69) is 39.9 Å². The van der Waals surface area contributed by atoms with Crippen molar-refractivity contribution in [3.05, 3.63) is 57.2 Å². The number of hydrogen-bond donors (Lipinski definition) is 1. The van der Waals surface area contributed by atoms with Gasteiger partial charge in [-0.3, -0.25) is 4.90 Å². The first-order valence-corrected chi connectivity index (χ1v) is 7.84. The first-order chi connectivity index (χ1) is 9.34. The van der Waals surface area contributed by atoms with Crippen LogP contribution < -0.4 is 5.32 Å². The summed E-state index contributed by atoms with van der Waals surface area (Å²) in [7, 11) is 0. The molecule has 0 amide bonds. The summed E-state index contributed by atoms with van der Waals surface area (Å²) in [6.07, 6.45) is 0. The van der Waals surface area contributed by atoms with Crippen molar-refractivity contribution in [2.45, 2.75) is 6.04 Å². The van der Waals surface area contributed by atoms with Gasteiger partial charge < -0.3 is 5.32 Å². The topological polar surface area (TPSA) is 15.3 Å². The Bertz CT molecular complexity index is 503. The second-order valence-corrected chi connectivity index (χ2v) is 6.17. The highest BCUT2D eigenvalue weighted by molar-refractivity contribution is 7.10. The molecule has 1 atom stereocenters. The molecule has 1 aromatic heterocycles. The van der Waals surface area contributed by atoms with E-state index < -0.39 is 0 Å². The van der Waals surface area contributed by atoms with Gasteiger partial charge in [-0.25, -0.2) is 0 Å². The summed E-state index contributed by atoms with van der Waals surface area (Å²) >= 11 is 7.83. The van der Waals surface area contributed by atoms with E-state index in [4.69, 9.17) is 11.6 Å². The van der Waals surface area contributed by atoms with Crippen molar-refractivity contribution in [3.63, 3.8) is 0 Å². The van der Waals surface area contributed by atoms with E-state index in [1.165, 1.54) is 10.4 Å². The lowest BCUT2D eigenvalue weighted by Gasteiger charge is -2.34. The van der Waals surface area contributed by atoms with Crippen LogP contribution in [0.2, 0.25) is 5.02 Å². The van der Waals surface area contributed by atoms with Crippen LogP contribution in [0.4, 0.5) is 0 Å². The largest absolute Gasteiger partial charge is 0.314 e. The second-order valence-electron chi connectivity index (χ2n) is 4.76. The van der Waals surface area contributed by atoms with Crippen LogP contribution in [0.25, 0.3) is 0 Å². The Hall–Kier alpha value is -0.870. The summed E-state index contributed by atoms with van der Waals surface area (Å²) in [5, 5.41) is 6.37. The molecule has 0 spiro atoms. The molecule has 2 heterocycles. The molecular weight excluding hydrogens is 276 g/mol. The molecule has 100 valence electrons. The standard InChI is InChI=1S/C15H17ClN2S/c16-13-5-3-12(4-6-13)15(14-2-1-11-19-14)18-9-7-17-8-10-18/h1-6,11,15,17H,7-10H2/t15-/m0/s1. The number of nitrogens with zero attached hydrogens (tertiary/aromatic N) is 1. The van der Waals surface area contributed by atoms with Gasteiger partial charge in [-0.05, 0) is 29.1 Å². The highest BCUT2D eigenvalue weighted by atomic mass is 35.5. The average Bonchev–Trinajstić information content (AvgIpc) is 2.96. The minimum absolute atomic E-state index is 0.361. The predicted molar refractivity (Wildman–Crippen MR) is 82.1 cm³/mol. The van der Waals surface area contributed by atoms with Crippen molar-refractivity contribution < 1.29 is 0 Å². The second kappa shape index (κ2) is 6.06. The maximum atomic E-state index is 6.01. The zero-order chi connectivity index (χ0) is 13.1. The third-order valence-electron chi connectivity index (χ3n) is 3.52. The zero-order valence-corrected chi connectivity index (χ0v) is 12.3. The van der Waals surface area contributed by atoms with Crippen molar-refractivity contribution >= 4 is 22.9 Å². The number of hydrogen-bond acceptors (Lipinski definition) is 3. The summed E-state index contributed by atoms with van der Waals surface area (Å²) in [6, 6.07) is 13.0. The minimum Gasteiger partial charge on any atom is -0.314 e. The van der Waals surface area contributed by atoms with Gasteiger partial charge in [0.15, 0.2) is 0 Å². The molecule has 4 heteroatoms. The van der Waals surface area contributed by atoms with Gasteiger partial charge in [0.25, 0.3) is 0 Å². The van der Waals surface area contributed by atoms with Crippen molar-refractivity contribution in [2.24, 2.45) is 0 Å². The molecule has 0 saturated carbocycles. The molecule has 19 heavy (non-hydrogen) atoms. The monoisotopic (exact) mass is 292 g/mol. The van der Waals surface area contributed by atoms with E-state index in [-0.39, 0.29) is 0 Å². The third-order valence-corrected chi connectivity index (χ3v) is 4.69. The molecule has 0 bridgehead atoms. The first-order valence-electron chi connectivity index (χ1n) is 6.58. The Balaban J connectivity index is 1.93. The van der Waals surface area contributed by atoms with Gasteiger partial charge in [0, 0.05) is 36.1 Å². The summed E-state index contributed by atoms with van der Waals surface area (Å²) in [5.41, 5.74) is 1.33. The Morgan fingerprint density at radius 3 is 2.47 bits per heavy atom. The Morgan fingerprint density at radius 1 is 1.11 bits per heavy atom. The van der Waals surface area contributed by atoms with E-state index in [0.29, 0.717) is 6.04 Å². The molecule has 1 aliphatic heterocycles. The molecule has 3 rings (SSSR count). The molecule has 0 unspecified atom stereocenters. The van der Waals surface area contributed by atoms with Crippen LogP contribution in [0.3, 0.4) is 0 Å². The molecule has 2 aromatic rings. The smallest absolute Gasteiger partial charge is 0.0696 e. The molecule has 2 nitrogen and oxygen atoms in total. The van der Waals surface area contributed by atoms with Crippen molar-refractivity contribution in [2.75, 3.05) is 26.2 Å². The van der Waals surface area contributed by atoms with Crippen LogP contribution in [0.15, 0.2) is 41.8 Å². The van der Waals surface area contributed by atoms with Gasteiger partial charge in [-0.2, -0.15) is 0 Å². The van der Waals surface area contributed by atoms with E-state index in [9.17, 15) is 0 Å². The summed E-state index contributed by atoms with van der Waals surface area (Å²) in [4.78, 5) is 3.95. The number of nitrogens with one attached hydrogen (secondary N) is 1. The lowest BCUT2D eigenvalue weighted by Crippen LogP contribution is -2.45. The normalized spacial score (nSPS) is 18.4. The number of benzene rings is 1. The van der Waals surface area contributed by atoms with Crippen molar-refractivity contribution in [1.82, 2.24) is 10.2 Å². The average molecular weight is 293 g/mol. The van der Waals surface area contributed by atoms with Crippen LogP contribution >= 0.6 is 22.9 Å². The maximum absolute atomic E-state index is 6.01. The van der Waals surface area contributed by atoms with Crippen molar-refractivity contribution in [3.8, 4) is 0 Å². The van der Waals surface area contributed by atoms with Gasteiger partial charge in [0.1, 0.15) is 0 Å². The fourth-order valence-corrected chi connectivity index (χ4v) is 3.60. The third kappa shape index (κ3) is 3.00. The number of halogens is 1. The van der Waals surface area contributed by atoms with Crippen LogP contribution in [0.1, 0.15) is 16.5 Å². The van der Waals surface area contributed by atoms with Gasteiger partial charge in [0.05, 0.1) is 6.04 Å². The van der Waals surface area contributed by atoms with Crippen LogP contribution in [0, 0.1) is 0 Å². The molecule has 1 aromatic carbocycles. The van der Waals surface area contributed by atoms with Gasteiger partial charge in [0.2, 0.25) is 0 Å². The van der Waals surface area contributed by atoms with E-state index in [1.54, 1.807) is 0 Å². The molecule has 0 aliphatic carbocycles. The number of rotatable bonds is 3. The quantitative estimate of drug-likeness (QED) is 0.933. The molecule has 1 aliphatic rings. The molecule has 1 fully saturated rings. The maximum Gasteiger partial charge on any atom is 0.0696 e. The summed E-state index contributed by atoms with van der Waals surface area (Å²) in [5.74, 6) is 0. The Labute approximate surface area is 123 Å². The van der Waals surface area contributed by atoms with E-state index >= 15 is 0 Å². The van der Waals surface area contributed by atoms with Crippen LogP contribution in [0.5, 0.6) is 0 Å². The molecule has 0 radical (unpaired) electrons. The zero-order valence-electron chi connectivity index (χ0n) is 10.7. The lowest BCUT2D eigenvalue weighted by atomic mass is 10.0. The summed E-state index contributed by atoms with van der Waals surface area (Å²) in [6.45, 7) is 4.31. The van der Waals surface area contributed by atoms with Gasteiger partial charge in [-0.1, -0.05) is 29.8 Å². The van der Waals surface area contributed by atoms with Crippen molar-refractivity contribution in [1.29, 1.82) is 0 Å². The lowest BCUT2D eigenvalue weighted by molar-refractivity contribution is 0.200. The molecule has 1 saturated heterocycles. The first kappa shape index (κ1) is 13.1. The predicted octanol–water partition coefficient (Wildman–Crippen LogP) is 3.40. The SMILES string of the molecule is Clc1ccc([C@@H](c2cccs2)N2CCNCC2)cc1. The highest BCUT2D eigenvalue weighted by Gasteiger charge is 2.24. The molecular formula is C15H17ClN2S. The fourth-order valence-electron chi connectivity index (χ4n) is 2.59. The van der Waals surface area contributed by atoms with E-state index in [1.807, 2.05) is 23.5 Å². The number of thiophene rings is 1. The van der Waals surface area contributed by atoms with Gasteiger partial charge in [-0.15, -0.1) is 11.3 Å². The molecule has 1 N–H and O–H groups in total. The van der Waals surface area contributed by atoms with Crippen LogP contribution in [-0.2, 0) is 0 Å². The minimum atomic E-state index is 0.361. The highest BCUT2D eigenvalue weighted by Crippen LogP contribution is 2.32. The summed E-state index contributed by atoms with van der Waals surface area (Å²) < 4.78 is 0. The van der Waals surface area contributed by atoms with Gasteiger partial charge >= 0.3 is 0 Å².